The molecule has 1 heterocycles. The normalized spacial score (nSPS) is 27.5. The number of hydrogen-bond donors (Lipinski definition) is 1. The quantitative estimate of drug-likeness (QED) is 0.630. The molecular weight excluding hydrogens is 152 g/mol. The number of fused-ring (bicyclic) bond motifs is 1. The highest BCUT2D eigenvalue weighted by atomic mass is 16.5. The summed E-state index contributed by atoms with van der Waals surface area (Å²) in [6.45, 7) is 2.43. The molecule has 2 atom stereocenters. The van der Waals surface area contributed by atoms with Crippen LogP contribution in [0, 0.1) is 0 Å². The molecule has 0 spiro atoms. The van der Waals surface area contributed by atoms with E-state index in [1.165, 1.54) is 0 Å². The molecule has 0 saturated carbocycles. The maximum atomic E-state index is 9.50. The van der Waals surface area contributed by atoms with Gasteiger partial charge in [-0.1, -0.05) is 25.1 Å². The van der Waals surface area contributed by atoms with Crippen molar-refractivity contribution in [3.8, 4) is 5.75 Å². The summed E-state index contributed by atoms with van der Waals surface area (Å²) in [7, 11) is 0. The van der Waals surface area contributed by atoms with Crippen molar-refractivity contribution >= 4 is 0 Å². The topological polar surface area (TPSA) is 29.5 Å². The molecule has 0 fully saturated rings. The van der Waals surface area contributed by atoms with Crippen LogP contribution in [0.3, 0.4) is 0 Å². The van der Waals surface area contributed by atoms with Gasteiger partial charge in [-0.3, -0.25) is 0 Å². The summed E-state index contributed by atoms with van der Waals surface area (Å²) in [5.41, 5.74) is 1.11. The molecule has 1 aliphatic heterocycles. The molecule has 0 bridgehead atoms. The van der Waals surface area contributed by atoms with Crippen molar-refractivity contribution in [1.82, 2.24) is 0 Å². The number of para-hydroxylation sites is 1. The van der Waals surface area contributed by atoms with Gasteiger partial charge in [-0.25, -0.2) is 0 Å². The van der Waals surface area contributed by atoms with Gasteiger partial charge < -0.3 is 9.84 Å². The molecule has 0 aliphatic carbocycles. The number of aliphatic hydroxyl groups excluding tert-OH is 1. The molecule has 0 amide bonds. The molecule has 1 aromatic carbocycles. The molecule has 12 heavy (non-hydrogen) atoms. The highest BCUT2D eigenvalue weighted by molar-refractivity contribution is 5.38. The Morgan fingerprint density at radius 2 is 2.17 bits per heavy atom. The maximum absolute atomic E-state index is 9.50. The lowest BCUT2D eigenvalue weighted by molar-refractivity contribution is 0.0714. The van der Waals surface area contributed by atoms with E-state index in [9.17, 15) is 5.11 Å². The van der Waals surface area contributed by atoms with E-state index < -0.39 is 0 Å². The first-order valence-electron chi connectivity index (χ1n) is 4.19. The van der Waals surface area contributed by atoms with Gasteiger partial charge in [-0.05, 0) is 11.6 Å². The fourth-order valence-corrected chi connectivity index (χ4v) is 1.51. The van der Waals surface area contributed by atoms with E-state index in [1.54, 1.807) is 0 Å². The van der Waals surface area contributed by atoms with Gasteiger partial charge in [0.1, 0.15) is 12.4 Å². The minimum Gasteiger partial charge on any atom is -0.491 e. The Hall–Kier alpha value is -1.02. The summed E-state index contributed by atoms with van der Waals surface area (Å²) in [6, 6.07) is 7.86. The lowest BCUT2D eigenvalue weighted by Gasteiger charge is -2.27. The van der Waals surface area contributed by atoms with E-state index in [2.05, 4.69) is 0 Å². The summed E-state index contributed by atoms with van der Waals surface area (Å²) >= 11 is 0. The Morgan fingerprint density at radius 3 is 3.00 bits per heavy atom. The van der Waals surface area contributed by atoms with E-state index in [4.69, 9.17) is 4.74 Å². The first-order valence-corrected chi connectivity index (χ1v) is 4.19. The lowest BCUT2D eigenvalue weighted by Crippen LogP contribution is -2.28. The third-order valence-corrected chi connectivity index (χ3v) is 2.40. The number of benzene rings is 1. The van der Waals surface area contributed by atoms with Gasteiger partial charge in [0.05, 0.1) is 6.10 Å². The standard InChI is InChI=1S/C10H12O2/c1-7-8-4-2-3-5-10(8)12-6-9(7)11/h2-5,7,9,11H,6H2,1H3/t7?,9-/m0/s1. The lowest BCUT2D eigenvalue weighted by atomic mass is 9.93. The van der Waals surface area contributed by atoms with Crippen molar-refractivity contribution in [2.24, 2.45) is 0 Å². The average molecular weight is 164 g/mol. The smallest absolute Gasteiger partial charge is 0.122 e. The van der Waals surface area contributed by atoms with E-state index in [0.717, 1.165) is 11.3 Å². The Morgan fingerprint density at radius 1 is 1.42 bits per heavy atom. The largest absolute Gasteiger partial charge is 0.491 e. The number of rotatable bonds is 0. The summed E-state index contributed by atoms with van der Waals surface area (Å²) < 4.78 is 5.36. The van der Waals surface area contributed by atoms with E-state index >= 15 is 0 Å². The Labute approximate surface area is 71.8 Å². The third kappa shape index (κ3) is 1.08. The third-order valence-electron chi connectivity index (χ3n) is 2.40. The molecule has 2 heteroatoms. The molecule has 64 valence electrons. The first kappa shape index (κ1) is 7.62. The van der Waals surface area contributed by atoms with Crippen molar-refractivity contribution in [1.29, 1.82) is 0 Å². The van der Waals surface area contributed by atoms with Gasteiger partial charge in [0.15, 0.2) is 0 Å². The summed E-state index contributed by atoms with van der Waals surface area (Å²) in [4.78, 5) is 0. The minimum absolute atomic E-state index is 0.190. The van der Waals surface area contributed by atoms with Crippen LogP contribution in [-0.4, -0.2) is 17.8 Å². The first-order chi connectivity index (χ1) is 5.79. The average Bonchev–Trinajstić information content (AvgIpc) is 2.12. The fourth-order valence-electron chi connectivity index (χ4n) is 1.51. The molecule has 1 aromatic rings. The maximum Gasteiger partial charge on any atom is 0.122 e. The van der Waals surface area contributed by atoms with Gasteiger partial charge in [0.2, 0.25) is 0 Å². The van der Waals surface area contributed by atoms with Gasteiger partial charge in [0.25, 0.3) is 0 Å². The van der Waals surface area contributed by atoms with Crippen LogP contribution in [0.15, 0.2) is 24.3 Å². The van der Waals surface area contributed by atoms with Crippen LogP contribution in [0.25, 0.3) is 0 Å². The number of hydrogen-bond acceptors (Lipinski definition) is 2. The molecule has 2 nitrogen and oxygen atoms in total. The fraction of sp³-hybridized carbons (Fsp3) is 0.400. The predicted octanol–water partition coefficient (Wildman–Crippen LogP) is 1.54. The second kappa shape index (κ2) is 2.79. The number of aliphatic hydroxyl groups is 1. The van der Waals surface area contributed by atoms with Crippen LogP contribution in [-0.2, 0) is 0 Å². The van der Waals surface area contributed by atoms with Crippen molar-refractivity contribution in [2.45, 2.75) is 18.9 Å². The Bertz CT molecular complexity index is 283. The molecule has 0 radical (unpaired) electrons. The second-order valence-electron chi connectivity index (χ2n) is 3.20. The van der Waals surface area contributed by atoms with Crippen LogP contribution in [0.1, 0.15) is 18.4 Å². The van der Waals surface area contributed by atoms with Crippen LogP contribution >= 0.6 is 0 Å². The molecule has 1 aliphatic rings. The summed E-state index contributed by atoms with van der Waals surface area (Å²) in [5, 5.41) is 9.50. The minimum atomic E-state index is -0.361. The summed E-state index contributed by atoms with van der Waals surface area (Å²) in [6.07, 6.45) is -0.361. The van der Waals surface area contributed by atoms with E-state index in [1.807, 2.05) is 31.2 Å². The van der Waals surface area contributed by atoms with Gasteiger partial charge >= 0.3 is 0 Å². The van der Waals surface area contributed by atoms with E-state index in [0.29, 0.717) is 6.61 Å². The van der Waals surface area contributed by atoms with Crippen LogP contribution in [0.2, 0.25) is 0 Å². The highest BCUT2D eigenvalue weighted by Crippen LogP contribution is 2.32. The van der Waals surface area contributed by atoms with Crippen molar-refractivity contribution < 1.29 is 9.84 Å². The second-order valence-corrected chi connectivity index (χ2v) is 3.20. The predicted molar refractivity (Wildman–Crippen MR) is 46.4 cm³/mol. The zero-order valence-corrected chi connectivity index (χ0v) is 7.03. The van der Waals surface area contributed by atoms with Crippen LogP contribution in [0.4, 0.5) is 0 Å². The van der Waals surface area contributed by atoms with Crippen LogP contribution < -0.4 is 4.74 Å². The van der Waals surface area contributed by atoms with Crippen molar-refractivity contribution in [2.75, 3.05) is 6.61 Å². The van der Waals surface area contributed by atoms with Crippen molar-refractivity contribution in [3.05, 3.63) is 29.8 Å². The molecule has 1 unspecified atom stereocenters. The van der Waals surface area contributed by atoms with E-state index in [-0.39, 0.29) is 12.0 Å². The van der Waals surface area contributed by atoms with Crippen molar-refractivity contribution in [3.63, 3.8) is 0 Å². The Kier molecular flexibility index (Phi) is 1.77. The molecular formula is C10H12O2. The zero-order valence-electron chi connectivity index (χ0n) is 7.03. The molecule has 0 saturated heterocycles. The molecule has 0 aromatic heterocycles. The zero-order chi connectivity index (χ0) is 8.55. The molecule has 2 rings (SSSR count). The number of ether oxygens (including phenoxy) is 1. The van der Waals surface area contributed by atoms with Gasteiger partial charge in [-0.15, -0.1) is 0 Å². The SMILES string of the molecule is CC1c2ccccc2OC[C@@H]1O. The highest BCUT2D eigenvalue weighted by Gasteiger charge is 2.24. The van der Waals surface area contributed by atoms with Gasteiger partial charge in [-0.2, -0.15) is 0 Å². The summed E-state index contributed by atoms with van der Waals surface area (Å²) in [5.74, 6) is 1.10. The van der Waals surface area contributed by atoms with Crippen LogP contribution in [0.5, 0.6) is 5.75 Å². The molecule has 1 N–H and O–H groups in total. The monoisotopic (exact) mass is 164 g/mol. The Balaban J connectivity index is 2.42. The van der Waals surface area contributed by atoms with Gasteiger partial charge in [0, 0.05) is 5.92 Å².